The van der Waals surface area contributed by atoms with Gasteiger partial charge in [-0.2, -0.15) is 4.31 Å². The van der Waals surface area contributed by atoms with Crippen LogP contribution in [0.25, 0.3) is 0 Å². The van der Waals surface area contributed by atoms with Crippen LogP contribution in [-0.2, 0) is 10.0 Å². The second-order valence-corrected chi connectivity index (χ2v) is 9.14. The third-order valence-electron chi connectivity index (χ3n) is 5.36. The van der Waals surface area contributed by atoms with Crippen LogP contribution < -0.4 is 5.32 Å². The van der Waals surface area contributed by atoms with Gasteiger partial charge >= 0.3 is 0 Å². The molecule has 1 amide bonds. The van der Waals surface area contributed by atoms with Crippen LogP contribution in [0.4, 0.5) is 0 Å². The summed E-state index contributed by atoms with van der Waals surface area (Å²) < 4.78 is 27.6. The van der Waals surface area contributed by atoms with Crippen LogP contribution >= 0.6 is 0 Å². The molecular formula is C19H29N3O3S. The van der Waals surface area contributed by atoms with Crippen molar-refractivity contribution in [3.05, 3.63) is 29.8 Å². The number of likely N-dealkylation sites (tertiary alicyclic amines) is 1. The molecule has 1 aromatic rings. The van der Waals surface area contributed by atoms with Crippen molar-refractivity contribution >= 4 is 15.9 Å². The fraction of sp³-hybridized carbons (Fsp3) is 0.632. The topological polar surface area (TPSA) is 69.7 Å². The predicted octanol–water partition coefficient (Wildman–Crippen LogP) is 2.08. The first-order valence-electron chi connectivity index (χ1n) is 9.60. The minimum absolute atomic E-state index is 0.0735. The van der Waals surface area contributed by atoms with Crippen LogP contribution in [0.3, 0.4) is 0 Å². The number of benzene rings is 1. The molecule has 0 bridgehead atoms. The maximum absolute atomic E-state index is 13.0. The Kier molecular flexibility index (Phi) is 6.32. The quantitative estimate of drug-likeness (QED) is 0.850. The van der Waals surface area contributed by atoms with Crippen molar-refractivity contribution in [2.75, 3.05) is 33.2 Å². The average molecular weight is 380 g/mol. The van der Waals surface area contributed by atoms with Gasteiger partial charge in [-0.15, -0.1) is 0 Å². The SMILES string of the molecule is CNCC1CCCN1C(=O)c1cccc(S(=O)(=O)N2CCCCCC2)c1. The maximum Gasteiger partial charge on any atom is 0.254 e. The lowest BCUT2D eigenvalue weighted by Gasteiger charge is -2.25. The molecule has 1 unspecified atom stereocenters. The molecule has 144 valence electrons. The number of carbonyl (C=O) groups excluding carboxylic acids is 1. The second kappa shape index (κ2) is 8.50. The first-order chi connectivity index (χ1) is 12.5. The maximum atomic E-state index is 13.0. The smallest absolute Gasteiger partial charge is 0.254 e. The van der Waals surface area contributed by atoms with E-state index in [2.05, 4.69) is 5.32 Å². The Labute approximate surface area is 156 Å². The highest BCUT2D eigenvalue weighted by atomic mass is 32.2. The van der Waals surface area contributed by atoms with Gasteiger partial charge in [0.25, 0.3) is 5.91 Å². The van der Waals surface area contributed by atoms with Gasteiger partial charge in [0.2, 0.25) is 10.0 Å². The normalized spacial score (nSPS) is 22.3. The van der Waals surface area contributed by atoms with Crippen LogP contribution in [0.5, 0.6) is 0 Å². The molecule has 2 heterocycles. The van der Waals surface area contributed by atoms with E-state index in [-0.39, 0.29) is 16.8 Å². The van der Waals surface area contributed by atoms with E-state index in [1.54, 1.807) is 28.6 Å². The predicted molar refractivity (Wildman–Crippen MR) is 102 cm³/mol. The summed E-state index contributed by atoms with van der Waals surface area (Å²) in [7, 11) is -1.65. The molecule has 0 aromatic heterocycles. The van der Waals surface area contributed by atoms with E-state index in [1.807, 2.05) is 11.9 Å². The number of amides is 1. The molecule has 0 aliphatic carbocycles. The summed E-state index contributed by atoms with van der Waals surface area (Å²) in [6.07, 6.45) is 5.93. The Morgan fingerprint density at radius 1 is 1.12 bits per heavy atom. The summed E-state index contributed by atoms with van der Waals surface area (Å²) in [6, 6.07) is 6.74. The van der Waals surface area contributed by atoms with Gasteiger partial charge in [-0.1, -0.05) is 18.9 Å². The number of hydrogen-bond acceptors (Lipinski definition) is 4. The van der Waals surface area contributed by atoms with E-state index in [1.165, 1.54) is 0 Å². The zero-order valence-electron chi connectivity index (χ0n) is 15.5. The number of likely N-dealkylation sites (N-methyl/N-ethyl adjacent to an activating group) is 1. The number of hydrogen-bond donors (Lipinski definition) is 1. The first-order valence-corrected chi connectivity index (χ1v) is 11.0. The van der Waals surface area contributed by atoms with E-state index in [0.717, 1.165) is 51.6 Å². The number of nitrogens with zero attached hydrogens (tertiary/aromatic N) is 2. The minimum atomic E-state index is -3.54. The number of rotatable bonds is 5. The van der Waals surface area contributed by atoms with Gasteiger partial charge in [-0.05, 0) is 50.9 Å². The molecule has 7 heteroatoms. The Morgan fingerprint density at radius 2 is 1.85 bits per heavy atom. The molecule has 26 heavy (non-hydrogen) atoms. The molecule has 6 nitrogen and oxygen atoms in total. The Bertz CT molecular complexity index is 727. The Morgan fingerprint density at radius 3 is 2.54 bits per heavy atom. The molecule has 0 radical (unpaired) electrons. The van der Waals surface area contributed by atoms with Crippen molar-refractivity contribution in [1.29, 1.82) is 0 Å². The van der Waals surface area contributed by atoms with Crippen LogP contribution in [0.1, 0.15) is 48.9 Å². The fourth-order valence-corrected chi connectivity index (χ4v) is 5.50. The van der Waals surface area contributed by atoms with E-state index in [0.29, 0.717) is 18.7 Å². The highest BCUT2D eigenvalue weighted by Crippen LogP contribution is 2.24. The number of carbonyl (C=O) groups is 1. The lowest BCUT2D eigenvalue weighted by molar-refractivity contribution is 0.0737. The zero-order valence-corrected chi connectivity index (χ0v) is 16.3. The number of sulfonamides is 1. The van der Waals surface area contributed by atoms with Gasteiger partial charge in [0.05, 0.1) is 4.90 Å². The molecular weight excluding hydrogens is 350 g/mol. The summed E-state index contributed by atoms with van der Waals surface area (Å²) in [4.78, 5) is 15.0. The fourth-order valence-electron chi connectivity index (χ4n) is 3.94. The van der Waals surface area contributed by atoms with E-state index in [9.17, 15) is 13.2 Å². The molecule has 2 aliphatic heterocycles. The van der Waals surface area contributed by atoms with Crippen molar-refractivity contribution in [3.8, 4) is 0 Å². The largest absolute Gasteiger partial charge is 0.334 e. The van der Waals surface area contributed by atoms with Crippen molar-refractivity contribution in [2.45, 2.75) is 49.5 Å². The van der Waals surface area contributed by atoms with Crippen LogP contribution in [0, 0.1) is 0 Å². The average Bonchev–Trinajstić information content (AvgIpc) is 2.92. The minimum Gasteiger partial charge on any atom is -0.334 e. The van der Waals surface area contributed by atoms with E-state index in [4.69, 9.17) is 0 Å². The molecule has 1 N–H and O–H groups in total. The molecule has 0 spiro atoms. The zero-order chi connectivity index (χ0) is 18.6. The molecule has 1 aromatic carbocycles. The highest BCUT2D eigenvalue weighted by Gasteiger charge is 2.30. The lowest BCUT2D eigenvalue weighted by atomic mass is 10.1. The molecule has 3 rings (SSSR count). The van der Waals surface area contributed by atoms with Crippen molar-refractivity contribution in [1.82, 2.24) is 14.5 Å². The van der Waals surface area contributed by atoms with Crippen LogP contribution in [-0.4, -0.2) is 62.8 Å². The summed E-state index contributed by atoms with van der Waals surface area (Å²) in [6.45, 7) is 2.62. The van der Waals surface area contributed by atoms with Crippen molar-refractivity contribution in [2.24, 2.45) is 0 Å². The standard InChI is InChI=1S/C19H29N3O3S/c1-20-15-17-9-7-13-22(17)19(23)16-8-6-10-18(14-16)26(24,25)21-11-4-2-3-5-12-21/h6,8,10,14,17,20H,2-5,7,9,11-13,15H2,1H3. The van der Waals surface area contributed by atoms with Crippen molar-refractivity contribution in [3.63, 3.8) is 0 Å². The molecule has 2 fully saturated rings. The number of nitrogens with one attached hydrogen (secondary N) is 1. The van der Waals surface area contributed by atoms with Gasteiger partial charge in [-0.25, -0.2) is 8.42 Å². The third kappa shape index (κ3) is 4.10. The summed E-state index contributed by atoms with van der Waals surface area (Å²) in [5.41, 5.74) is 0.462. The summed E-state index contributed by atoms with van der Waals surface area (Å²) in [5.74, 6) is -0.0735. The van der Waals surface area contributed by atoms with Crippen LogP contribution in [0.15, 0.2) is 29.2 Å². The Balaban J connectivity index is 1.82. The molecule has 0 saturated carbocycles. The molecule has 2 saturated heterocycles. The van der Waals surface area contributed by atoms with Gasteiger partial charge in [0.1, 0.15) is 0 Å². The second-order valence-electron chi connectivity index (χ2n) is 7.20. The van der Waals surface area contributed by atoms with Gasteiger partial charge < -0.3 is 10.2 Å². The van der Waals surface area contributed by atoms with Gasteiger partial charge in [-0.3, -0.25) is 4.79 Å². The lowest BCUT2D eigenvalue weighted by Crippen LogP contribution is -2.41. The molecule has 1 atom stereocenters. The van der Waals surface area contributed by atoms with E-state index < -0.39 is 10.0 Å². The van der Waals surface area contributed by atoms with E-state index >= 15 is 0 Å². The first kappa shape index (κ1) is 19.3. The highest BCUT2D eigenvalue weighted by molar-refractivity contribution is 7.89. The van der Waals surface area contributed by atoms with Gasteiger partial charge in [0, 0.05) is 37.8 Å². The Hall–Kier alpha value is -1.44. The van der Waals surface area contributed by atoms with Gasteiger partial charge in [0.15, 0.2) is 0 Å². The monoisotopic (exact) mass is 379 g/mol. The van der Waals surface area contributed by atoms with Crippen LogP contribution in [0.2, 0.25) is 0 Å². The summed E-state index contributed by atoms with van der Waals surface area (Å²) >= 11 is 0. The van der Waals surface area contributed by atoms with Crippen molar-refractivity contribution < 1.29 is 13.2 Å². The summed E-state index contributed by atoms with van der Waals surface area (Å²) in [5, 5.41) is 3.13. The third-order valence-corrected chi connectivity index (χ3v) is 7.26. The molecule has 2 aliphatic rings.